The average molecular weight is 247 g/mol. The minimum absolute atomic E-state index is 0. The first-order valence-electron chi connectivity index (χ1n) is 6.20. The molecule has 4 heteroatoms. The van der Waals surface area contributed by atoms with Crippen molar-refractivity contribution in [1.82, 2.24) is 10.6 Å². The van der Waals surface area contributed by atoms with E-state index in [0.717, 1.165) is 32.0 Å². The Morgan fingerprint density at radius 2 is 2.12 bits per heavy atom. The highest BCUT2D eigenvalue weighted by Gasteiger charge is 2.36. The number of hydrogen-bond donors (Lipinski definition) is 2. The van der Waals surface area contributed by atoms with Crippen LogP contribution < -0.4 is 10.6 Å². The fraction of sp³-hybridized carbons (Fsp3) is 0.917. The largest absolute Gasteiger partial charge is 0.355 e. The molecule has 94 valence electrons. The fourth-order valence-corrected chi connectivity index (χ4v) is 2.68. The Morgan fingerprint density at radius 3 is 2.69 bits per heavy atom. The maximum absolute atomic E-state index is 12.0. The summed E-state index contributed by atoms with van der Waals surface area (Å²) in [6.45, 7) is 4.78. The lowest BCUT2D eigenvalue weighted by Gasteiger charge is -2.22. The Labute approximate surface area is 104 Å². The van der Waals surface area contributed by atoms with E-state index in [-0.39, 0.29) is 23.7 Å². The van der Waals surface area contributed by atoms with Gasteiger partial charge in [0.25, 0.3) is 0 Å². The molecule has 0 aromatic rings. The minimum atomic E-state index is -0.154. The van der Waals surface area contributed by atoms with E-state index in [1.54, 1.807) is 0 Å². The quantitative estimate of drug-likeness (QED) is 0.796. The zero-order valence-electron chi connectivity index (χ0n) is 10.1. The molecule has 1 saturated carbocycles. The van der Waals surface area contributed by atoms with Gasteiger partial charge in [-0.2, -0.15) is 0 Å². The lowest BCUT2D eigenvalue weighted by Crippen LogP contribution is -2.42. The van der Waals surface area contributed by atoms with Crippen LogP contribution in [0.25, 0.3) is 0 Å². The Balaban J connectivity index is 0.00000128. The number of hydrogen-bond acceptors (Lipinski definition) is 2. The average Bonchev–Trinajstić information content (AvgIpc) is 2.85. The third kappa shape index (κ3) is 3.11. The highest BCUT2D eigenvalue weighted by atomic mass is 35.5. The van der Waals surface area contributed by atoms with Gasteiger partial charge in [0.15, 0.2) is 0 Å². The van der Waals surface area contributed by atoms with Crippen LogP contribution in [0.5, 0.6) is 0 Å². The second-order valence-corrected chi connectivity index (χ2v) is 5.35. The topological polar surface area (TPSA) is 41.1 Å². The van der Waals surface area contributed by atoms with Gasteiger partial charge < -0.3 is 10.6 Å². The van der Waals surface area contributed by atoms with Gasteiger partial charge in [-0.3, -0.25) is 4.79 Å². The second-order valence-electron chi connectivity index (χ2n) is 5.35. The molecule has 3 nitrogen and oxygen atoms in total. The van der Waals surface area contributed by atoms with Crippen LogP contribution in [0.4, 0.5) is 0 Å². The third-order valence-electron chi connectivity index (χ3n) is 3.94. The third-order valence-corrected chi connectivity index (χ3v) is 3.94. The second kappa shape index (κ2) is 5.87. The normalized spacial score (nSPS) is 30.1. The fourth-order valence-electron chi connectivity index (χ4n) is 2.68. The van der Waals surface area contributed by atoms with E-state index in [9.17, 15) is 4.79 Å². The van der Waals surface area contributed by atoms with Gasteiger partial charge in [0.1, 0.15) is 0 Å². The number of halogens is 1. The summed E-state index contributed by atoms with van der Waals surface area (Å²) in [6.07, 6.45) is 6.27. The summed E-state index contributed by atoms with van der Waals surface area (Å²) in [5.41, 5.74) is -0.154. The van der Waals surface area contributed by atoms with E-state index in [1.165, 1.54) is 25.7 Å². The first-order chi connectivity index (χ1) is 7.21. The van der Waals surface area contributed by atoms with Crippen molar-refractivity contribution in [3.8, 4) is 0 Å². The molecule has 16 heavy (non-hydrogen) atoms. The number of rotatable bonds is 3. The molecule has 0 spiro atoms. The summed E-state index contributed by atoms with van der Waals surface area (Å²) in [7, 11) is 0. The molecule has 1 amide bonds. The monoisotopic (exact) mass is 246 g/mol. The van der Waals surface area contributed by atoms with Crippen LogP contribution in [0, 0.1) is 11.3 Å². The molecule has 2 rings (SSSR count). The lowest BCUT2D eigenvalue weighted by atomic mass is 9.88. The Bertz CT molecular complexity index is 233. The van der Waals surface area contributed by atoms with Crippen molar-refractivity contribution in [2.24, 2.45) is 11.3 Å². The summed E-state index contributed by atoms with van der Waals surface area (Å²) in [6, 6.07) is 0. The summed E-state index contributed by atoms with van der Waals surface area (Å²) in [5, 5.41) is 6.39. The first-order valence-corrected chi connectivity index (χ1v) is 6.20. The van der Waals surface area contributed by atoms with Gasteiger partial charge in [-0.15, -0.1) is 12.4 Å². The first kappa shape index (κ1) is 13.8. The molecule has 1 aliphatic carbocycles. The predicted molar refractivity (Wildman–Crippen MR) is 67.8 cm³/mol. The van der Waals surface area contributed by atoms with Gasteiger partial charge in [-0.1, -0.05) is 12.8 Å². The molecular weight excluding hydrogens is 224 g/mol. The minimum Gasteiger partial charge on any atom is -0.355 e. The number of carbonyl (C=O) groups excluding carboxylic acids is 1. The van der Waals surface area contributed by atoms with Crippen LogP contribution in [0.3, 0.4) is 0 Å². The zero-order chi connectivity index (χ0) is 10.7. The summed E-state index contributed by atoms with van der Waals surface area (Å²) in [4.78, 5) is 12.0. The lowest BCUT2D eigenvalue weighted by molar-refractivity contribution is -0.129. The van der Waals surface area contributed by atoms with E-state index >= 15 is 0 Å². The Hall–Kier alpha value is -0.280. The van der Waals surface area contributed by atoms with Gasteiger partial charge in [0.2, 0.25) is 5.91 Å². The van der Waals surface area contributed by atoms with E-state index in [4.69, 9.17) is 0 Å². The van der Waals surface area contributed by atoms with E-state index in [0.29, 0.717) is 0 Å². The molecule has 1 unspecified atom stereocenters. The number of carbonyl (C=O) groups is 1. The smallest absolute Gasteiger partial charge is 0.227 e. The van der Waals surface area contributed by atoms with Crippen molar-refractivity contribution in [2.45, 2.75) is 39.0 Å². The van der Waals surface area contributed by atoms with Crippen molar-refractivity contribution < 1.29 is 4.79 Å². The van der Waals surface area contributed by atoms with Crippen LogP contribution >= 0.6 is 12.4 Å². The molecule has 1 heterocycles. The molecule has 1 aliphatic heterocycles. The number of nitrogens with one attached hydrogen (secondary N) is 2. The molecule has 1 atom stereocenters. The summed E-state index contributed by atoms with van der Waals surface area (Å²) >= 11 is 0. The van der Waals surface area contributed by atoms with Crippen LogP contribution in [0.2, 0.25) is 0 Å². The highest BCUT2D eigenvalue weighted by Crippen LogP contribution is 2.26. The molecule has 2 N–H and O–H groups in total. The molecule has 0 aromatic carbocycles. The van der Waals surface area contributed by atoms with Gasteiger partial charge in [0.05, 0.1) is 5.41 Å². The van der Waals surface area contributed by atoms with Crippen molar-refractivity contribution in [3.05, 3.63) is 0 Å². The molecule has 0 radical (unpaired) electrons. The van der Waals surface area contributed by atoms with E-state index in [1.807, 2.05) is 0 Å². The van der Waals surface area contributed by atoms with Gasteiger partial charge in [0, 0.05) is 13.1 Å². The predicted octanol–water partition coefficient (Wildman–Crippen LogP) is 1.71. The molecule has 2 fully saturated rings. The van der Waals surface area contributed by atoms with Gasteiger partial charge in [-0.25, -0.2) is 0 Å². The maximum Gasteiger partial charge on any atom is 0.227 e. The van der Waals surface area contributed by atoms with Crippen LogP contribution in [0.15, 0.2) is 0 Å². The highest BCUT2D eigenvalue weighted by molar-refractivity contribution is 5.85. The SMILES string of the molecule is CC1(C(=O)NCC2CCCC2)CCNC1.Cl. The van der Waals surface area contributed by atoms with Crippen LogP contribution in [-0.4, -0.2) is 25.5 Å². The van der Waals surface area contributed by atoms with Crippen molar-refractivity contribution in [2.75, 3.05) is 19.6 Å². The van der Waals surface area contributed by atoms with Crippen LogP contribution in [-0.2, 0) is 4.79 Å². The van der Waals surface area contributed by atoms with Crippen molar-refractivity contribution in [1.29, 1.82) is 0 Å². The molecule has 2 aliphatic rings. The van der Waals surface area contributed by atoms with E-state index in [2.05, 4.69) is 17.6 Å². The maximum atomic E-state index is 12.0. The van der Waals surface area contributed by atoms with Gasteiger partial charge in [-0.05, 0) is 38.6 Å². The van der Waals surface area contributed by atoms with Crippen molar-refractivity contribution >= 4 is 18.3 Å². The summed E-state index contributed by atoms with van der Waals surface area (Å²) < 4.78 is 0. The van der Waals surface area contributed by atoms with Crippen molar-refractivity contribution in [3.63, 3.8) is 0 Å². The Kier molecular flexibility index (Phi) is 5.06. The number of amides is 1. The summed E-state index contributed by atoms with van der Waals surface area (Å²) in [5.74, 6) is 0.992. The van der Waals surface area contributed by atoms with E-state index < -0.39 is 0 Å². The molecule has 0 aromatic heterocycles. The Morgan fingerprint density at radius 1 is 1.44 bits per heavy atom. The zero-order valence-corrected chi connectivity index (χ0v) is 10.9. The van der Waals surface area contributed by atoms with Gasteiger partial charge >= 0.3 is 0 Å². The van der Waals surface area contributed by atoms with Crippen LogP contribution in [0.1, 0.15) is 39.0 Å². The molecule has 0 bridgehead atoms. The molecule has 1 saturated heterocycles. The standard InChI is InChI=1S/C12H22N2O.ClH/c1-12(6-7-13-9-12)11(15)14-8-10-4-2-3-5-10;/h10,13H,2-9H2,1H3,(H,14,15);1H. The molecular formula is C12H23ClN2O.